The highest BCUT2D eigenvalue weighted by Crippen LogP contribution is 2.28. The largest absolute Gasteiger partial charge is 0.453 e. The molecule has 3 N–H and O–H groups in total. The lowest BCUT2D eigenvalue weighted by Gasteiger charge is -2.38. The molecule has 1 aliphatic rings. The van der Waals surface area contributed by atoms with E-state index in [4.69, 9.17) is 10.5 Å². The molecule has 1 aliphatic heterocycles. The van der Waals surface area contributed by atoms with Crippen molar-refractivity contribution in [1.82, 2.24) is 5.32 Å². The zero-order valence-corrected chi connectivity index (χ0v) is 11.1. The summed E-state index contributed by atoms with van der Waals surface area (Å²) in [4.78, 5) is 11.3. The number of ether oxygens (including phenoxy) is 2. The Hall–Kier alpha value is -0.810. The Labute approximate surface area is 103 Å². The molecular weight excluding hydrogens is 220 g/mol. The first-order valence-electron chi connectivity index (χ1n) is 6.19. The molecule has 0 aliphatic carbocycles. The van der Waals surface area contributed by atoms with Crippen LogP contribution in [0.15, 0.2) is 0 Å². The van der Waals surface area contributed by atoms with Gasteiger partial charge in [-0.15, -0.1) is 0 Å². The molecule has 1 saturated heterocycles. The van der Waals surface area contributed by atoms with E-state index in [-0.39, 0.29) is 24.3 Å². The monoisotopic (exact) mass is 244 g/mol. The molecule has 1 rings (SSSR count). The number of nitrogens with two attached hydrogens (primary N) is 1. The number of methoxy groups -OCH3 is 1. The zero-order chi connectivity index (χ0) is 13.0. The molecule has 1 amide bonds. The molecule has 0 aromatic carbocycles. The SMILES string of the molecule is COC(=O)NC(C(C)N)C1C[C@@H](C)O[C@@H](C)C1. The van der Waals surface area contributed by atoms with E-state index in [2.05, 4.69) is 23.9 Å². The second-order valence-corrected chi connectivity index (χ2v) is 5.01. The lowest BCUT2D eigenvalue weighted by Crippen LogP contribution is -2.53. The van der Waals surface area contributed by atoms with Crippen molar-refractivity contribution < 1.29 is 14.3 Å². The van der Waals surface area contributed by atoms with Crippen LogP contribution < -0.4 is 11.1 Å². The van der Waals surface area contributed by atoms with Crippen LogP contribution in [0, 0.1) is 5.92 Å². The molecular formula is C12H24N2O3. The number of carbonyl (C=O) groups is 1. The average molecular weight is 244 g/mol. The number of hydrogen-bond donors (Lipinski definition) is 2. The van der Waals surface area contributed by atoms with Crippen LogP contribution in [0.5, 0.6) is 0 Å². The molecule has 0 spiro atoms. The van der Waals surface area contributed by atoms with Gasteiger partial charge in [0.1, 0.15) is 0 Å². The summed E-state index contributed by atoms with van der Waals surface area (Å²) in [7, 11) is 1.36. The Kier molecular flexibility index (Phi) is 5.21. The third-order valence-corrected chi connectivity index (χ3v) is 3.28. The van der Waals surface area contributed by atoms with Crippen molar-refractivity contribution in [3.63, 3.8) is 0 Å². The lowest BCUT2D eigenvalue weighted by atomic mass is 9.83. The van der Waals surface area contributed by atoms with Gasteiger partial charge in [0.2, 0.25) is 0 Å². The van der Waals surface area contributed by atoms with Gasteiger partial charge in [0.15, 0.2) is 0 Å². The summed E-state index contributed by atoms with van der Waals surface area (Å²) < 4.78 is 10.3. The predicted molar refractivity (Wildman–Crippen MR) is 65.7 cm³/mol. The van der Waals surface area contributed by atoms with Crippen LogP contribution >= 0.6 is 0 Å². The van der Waals surface area contributed by atoms with Gasteiger partial charge in [0.25, 0.3) is 0 Å². The highest BCUT2D eigenvalue weighted by molar-refractivity contribution is 5.67. The first kappa shape index (κ1) is 14.3. The van der Waals surface area contributed by atoms with Crippen molar-refractivity contribution in [3.05, 3.63) is 0 Å². The number of hydrogen-bond acceptors (Lipinski definition) is 4. The first-order valence-corrected chi connectivity index (χ1v) is 6.19. The van der Waals surface area contributed by atoms with Gasteiger partial charge < -0.3 is 20.5 Å². The zero-order valence-electron chi connectivity index (χ0n) is 11.1. The molecule has 1 fully saturated rings. The highest BCUT2D eigenvalue weighted by Gasteiger charge is 2.33. The normalized spacial score (nSPS) is 32.6. The summed E-state index contributed by atoms with van der Waals surface area (Å²) in [5.74, 6) is 0.341. The van der Waals surface area contributed by atoms with Crippen LogP contribution in [0.1, 0.15) is 33.6 Å². The Morgan fingerprint density at radius 2 is 1.94 bits per heavy atom. The Morgan fingerprint density at radius 1 is 1.41 bits per heavy atom. The van der Waals surface area contributed by atoms with Crippen molar-refractivity contribution in [3.8, 4) is 0 Å². The molecule has 0 radical (unpaired) electrons. The molecule has 3 unspecified atom stereocenters. The van der Waals surface area contributed by atoms with Crippen LogP contribution in [0.2, 0.25) is 0 Å². The Bertz CT molecular complexity index is 248. The Morgan fingerprint density at radius 3 is 2.35 bits per heavy atom. The fourth-order valence-corrected chi connectivity index (χ4v) is 2.62. The van der Waals surface area contributed by atoms with E-state index in [0.717, 1.165) is 12.8 Å². The van der Waals surface area contributed by atoms with E-state index >= 15 is 0 Å². The second kappa shape index (κ2) is 6.21. The summed E-state index contributed by atoms with van der Waals surface area (Å²) in [6, 6.07) is -0.159. The maximum absolute atomic E-state index is 11.3. The number of alkyl carbamates (subject to hydrolysis) is 1. The molecule has 5 atom stereocenters. The minimum atomic E-state index is -0.418. The lowest BCUT2D eigenvalue weighted by molar-refractivity contribution is -0.0597. The average Bonchev–Trinajstić information content (AvgIpc) is 2.23. The standard InChI is InChI=1S/C12H24N2O3/c1-7-5-10(6-8(2)17-7)11(9(3)13)14-12(15)16-4/h7-11H,5-6,13H2,1-4H3,(H,14,15)/t7-,8+,9?,10?,11?. The number of rotatable bonds is 3. The third kappa shape index (κ3) is 4.16. The quantitative estimate of drug-likeness (QED) is 0.784. The van der Waals surface area contributed by atoms with Crippen LogP contribution in [0.25, 0.3) is 0 Å². The van der Waals surface area contributed by atoms with Gasteiger partial charge in [0, 0.05) is 12.1 Å². The summed E-state index contributed by atoms with van der Waals surface area (Å²) in [6.45, 7) is 6.02. The van der Waals surface area contributed by atoms with Crippen molar-refractivity contribution in [2.45, 2.75) is 57.9 Å². The smallest absolute Gasteiger partial charge is 0.407 e. The highest BCUT2D eigenvalue weighted by atomic mass is 16.5. The van der Waals surface area contributed by atoms with Gasteiger partial charge in [-0.05, 0) is 39.5 Å². The van der Waals surface area contributed by atoms with Gasteiger partial charge in [-0.25, -0.2) is 4.79 Å². The Balaban J connectivity index is 2.65. The maximum Gasteiger partial charge on any atom is 0.407 e. The molecule has 5 heteroatoms. The molecule has 1 heterocycles. The van der Waals surface area contributed by atoms with E-state index in [1.807, 2.05) is 6.92 Å². The third-order valence-electron chi connectivity index (χ3n) is 3.28. The number of nitrogens with one attached hydrogen (secondary N) is 1. The molecule has 0 bridgehead atoms. The van der Waals surface area contributed by atoms with Gasteiger partial charge in [-0.3, -0.25) is 0 Å². The topological polar surface area (TPSA) is 73.6 Å². The molecule has 5 nitrogen and oxygen atoms in total. The van der Waals surface area contributed by atoms with Gasteiger partial charge in [0.05, 0.1) is 19.3 Å². The molecule has 0 saturated carbocycles. The molecule has 17 heavy (non-hydrogen) atoms. The molecule has 0 aromatic heterocycles. The minimum Gasteiger partial charge on any atom is -0.453 e. The fraction of sp³-hybridized carbons (Fsp3) is 0.917. The van der Waals surface area contributed by atoms with Crippen LogP contribution in [-0.4, -0.2) is 37.5 Å². The summed E-state index contributed by atoms with van der Waals surface area (Å²) in [5, 5.41) is 2.84. The van der Waals surface area contributed by atoms with E-state index in [1.54, 1.807) is 0 Å². The van der Waals surface area contributed by atoms with Crippen LogP contribution in [0.3, 0.4) is 0 Å². The van der Waals surface area contributed by atoms with Crippen molar-refractivity contribution >= 4 is 6.09 Å². The second-order valence-electron chi connectivity index (χ2n) is 5.01. The van der Waals surface area contributed by atoms with E-state index in [0.29, 0.717) is 5.92 Å². The summed E-state index contributed by atoms with van der Waals surface area (Å²) in [5.41, 5.74) is 5.95. The van der Waals surface area contributed by atoms with E-state index in [1.165, 1.54) is 7.11 Å². The summed E-state index contributed by atoms with van der Waals surface area (Å²) >= 11 is 0. The van der Waals surface area contributed by atoms with Gasteiger partial charge in [-0.2, -0.15) is 0 Å². The predicted octanol–water partition coefficient (Wildman–Crippen LogP) is 1.26. The van der Waals surface area contributed by atoms with Crippen LogP contribution in [-0.2, 0) is 9.47 Å². The first-order chi connectivity index (χ1) is 7.93. The van der Waals surface area contributed by atoms with Crippen molar-refractivity contribution in [2.75, 3.05) is 7.11 Å². The van der Waals surface area contributed by atoms with Crippen LogP contribution in [0.4, 0.5) is 4.79 Å². The maximum atomic E-state index is 11.3. The van der Waals surface area contributed by atoms with E-state index < -0.39 is 6.09 Å². The minimum absolute atomic E-state index is 0.0590. The van der Waals surface area contributed by atoms with Gasteiger partial charge >= 0.3 is 6.09 Å². The van der Waals surface area contributed by atoms with Crippen molar-refractivity contribution in [1.29, 1.82) is 0 Å². The number of amides is 1. The van der Waals surface area contributed by atoms with Crippen molar-refractivity contribution in [2.24, 2.45) is 11.7 Å². The van der Waals surface area contributed by atoms with Gasteiger partial charge in [-0.1, -0.05) is 0 Å². The fourth-order valence-electron chi connectivity index (χ4n) is 2.62. The molecule has 100 valence electrons. The molecule has 0 aromatic rings. The van der Waals surface area contributed by atoms with E-state index in [9.17, 15) is 4.79 Å². The number of carbonyl (C=O) groups excluding carboxylic acids is 1. The summed E-state index contributed by atoms with van der Waals surface area (Å²) in [6.07, 6.45) is 1.84.